The molecular weight excluding hydrogens is 358 g/mol. The van der Waals surface area contributed by atoms with Gasteiger partial charge in [-0.1, -0.05) is 37.1 Å². The van der Waals surface area contributed by atoms with Crippen molar-refractivity contribution in [2.45, 2.75) is 26.7 Å². The van der Waals surface area contributed by atoms with E-state index in [1.165, 1.54) is 0 Å². The topological polar surface area (TPSA) is 72.8 Å². The van der Waals surface area contributed by atoms with E-state index in [1.807, 2.05) is 42.0 Å². The molecule has 0 bridgehead atoms. The first-order chi connectivity index (χ1) is 13.6. The maximum Gasteiger partial charge on any atom is 0.234 e. The van der Waals surface area contributed by atoms with Crippen LogP contribution in [0.3, 0.4) is 0 Å². The first kappa shape index (κ1) is 22.0. The van der Waals surface area contributed by atoms with Crippen molar-refractivity contribution in [3.8, 4) is 11.4 Å². The van der Waals surface area contributed by atoms with Crippen molar-refractivity contribution in [2.75, 3.05) is 57.9 Å². The van der Waals surface area contributed by atoms with Crippen LogP contribution in [-0.4, -0.2) is 63.0 Å². The van der Waals surface area contributed by atoms with Gasteiger partial charge in [-0.05, 0) is 19.4 Å². The number of ether oxygens (including phenoxy) is 3. The summed E-state index contributed by atoms with van der Waals surface area (Å²) >= 11 is 0. The summed E-state index contributed by atoms with van der Waals surface area (Å²) in [6.45, 7) is 5.89. The highest BCUT2D eigenvalue weighted by molar-refractivity contribution is 5.59. The van der Waals surface area contributed by atoms with Gasteiger partial charge in [-0.25, -0.2) is 0 Å². The van der Waals surface area contributed by atoms with E-state index in [-0.39, 0.29) is 0 Å². The van der Waals surface area contributed by atoms with Crippen molar-refractivity contribution in [3.05, 3.63) is 29.8 Å². The van der Waals surface area contributed by atoms with Crippen molar-refractivity contribution in [1.29, 1.82) is 0 Å². The van der Waals surface area contributed by atoms with E-state index in [9.17, 15) is 0 Å². The summed E-state index contributed by atoms with van der Waals surface area (Å²) in [4.78, 5) is 17.6. The fourth-order valence-corrected chi connectivity index (χ4v) is 2.56. The molecule has 2 rings (SSSR count). The third-order valence-electron chi connectivity index (χ3n) is 4.01. The van der Waals surface area contributed by atoms with Crippen LogP contribution >= 0.6 is 0 Å². The van der Waals surface area contributed by atoms with Crippen LogP contribution in [-0.2, 0) is 14.2 Å². The van der Waals surface area contributed by atoms with Gasteiger partial charge in [0, 0.05) is 33.4 Å². The molecule has 0 aliphatic rings. The van der Waals surface area contributed by atoms with Crippen molar-refractivity contribution >= 4 is 11.9 Å². The molecular formula is C20H31N5O3. The minimum Gasteiger partial charge on any atom is -0.364 e. The molecule has 0 unspecified atom stereocenters. The van der Waals surface area contributed by atoms with Gasteiger partial charge in [0.25, 0.3) is 0 Å². The molecule has 2 aromatic rings. The van der Waals surface area contributed by atoms with Crippen LogP contribution in [0.5, 0.6) is 0 Å². The number of hydrogen-bond donors (Lipinski definition) is 0. The molecule has 0 aliphatic heterocycles. The van der Waals surface area contributed by atoms with Crippen molar-refractivity contribution in [3.63, 3.8) is 0 Å². The lowest BCUT2D eigenvalue weighted by Gasteiger charge is -2.24. The lowest BCUT2D eigenvalue weighted by atomic mass is 10.1. The van der Waals surface area contributed by atoms with E-state index in [4.69, 9.17) is 14.2 Å². The zero-order valence-electron chi connectivity index (χ0n) is 17.5. The molecule has 154 valence electrons. The standard InChI is InChI=1S/C20H31N5O3/c1-6-7-11-28-15-25(14-27-5)20-22-18(17-10-8-9-16(2)12-17)21-19(23-20)24(3)13-26-4/h8-10,12H,6-7,11,13-15H2,1-5H3. The molecule has 1 heterocycles. The van der Waals surface area contributed by atoms with Crippen molar-refractivity contribution in [2.24, 2.45) is 0 Å². The molecule has 8 nitrogen and oxygen atoms in total. The van der Waals surface area contributed by atoms with Gasteiger partial charge >= 0.3 is 0 Å². The number of unbranched alkanes of at least 4 members (excludes halogenated alkanes) is 1. The lowest BCUT2D eigenvalue weighted by molar-refractivity contribution is 0.101. The summed E-state index contributed by atoms with van der Waals surface area (Å²) in [7, 11) is 5.15. The van der Waals surface area contributed by atoms with Crippen LogP contribution in [0.2, 0.25) is 0 Å². The first-order valence-electron chi connectivity index (χ1n) is 9.43. The minimum atomic E-state index is 0.316. The van der Waals surface area contributed by atoms with Gasteiger partial charge in [0.2, 0.25) is 11.9 Å². The fourth-order valence-electron chi connectivity index (χ4n) is 2.56. The molecule has 0 aliphatic carbocycles. The molecule has 0 saturated carbocycles. The van der Waals surface area contributed by atoms with Gasteiger partial charge < -0.3 is 19.1 Å². The minimum absolute atomic E-state index is 0.316. The van der Waals surface area contributed by atoms with Gasteiger partial charge in [-0.15, -0.1) is 0 Å². The highest BCUT2D eigenvalue weighted by Crippen LogP contribution is 2.22. The lowest BCUT2D eigenvalue weighted by Crippen LogP contribution is -2.32. The predicted octanol–water partition coefficient (Wildman–Crippen LogP) is 3.07. The van der Waals surface area contributed by atoms with E-state index < -0.39 is 0 Å². The van der Waals surface area contributed by atoms with Gasteiger partial charge in [0.05, 0.1) is 0 Å². The molecule has 1 aromatic carbocycles. The Morgan fingerprint density at radius 1 is 0.964 bits per heavy atom. The van der Waals surface area contributed by atoms with Crippen molar-refractivity contribution in [1.82, 2.24) is 15.0 Å². The third-order valence-corrected chi connectivity index (χ3v) is 4.01. The largest absolute Gasteiger partial charge is 0.364 e. The number of rotatable bonds is 12. The van der Waals surface area contributed by atoms with Gasteiger partial charge in [0.15, 0.2) is 5.82 Å². The van der Waals surface area contributed by atoms with Gasteiger partial charge in [0.1, 0.15) is 20.2 Å². The van der Waals surface area contributed by atoms with E-state index in [0.29, 0.717) is 44.5 Å². The Balaban J connectivity index is 2.39. The second kappa shape index (κ2) is 11.5. The highest BCUT2D eigenvalue weighted by atomic mass is 16.5. The Hall–Kier alpha value is -2.29. The van der Waals surface area contributed by atoms with Crippen LogP contribution in [0.15, 0.2) is 24.3 Å². The van der Waals surface area contributed by atoms with E-state index >= 15 is 0 Å². The average molecular weight is 390 g/mol. The second-order valence-electron chi connectivity index (χ2n) is 6.59. The molecule has 8 heteroatoms. The number of aromatic nitrogens is 3. The number of nitrogens with zero attached hydrogens (tertiary/aromatic N) is 5. The van der Waals surface area contributed by atoms with E-state index in [2.05, 4.69) is 27.9 Å². The number of methoxy groups -OCH3 is 2. The van der Waals surface area contributed by atoms with Crippen LogP contribution in [0, 0.1) is 6.92 Å². The van der Waals surface area contributed by atoms with Crippen LogP contribution in [0.1, 0.15) is 25.3 Å². The molecule has 0 N–H and O–H groups in total. The molecule has 0 radical (unpaired) electrons. The number of hydrogen-bond acceptors (Lipinski definition) is 8. The molecule has 0 atom stereocenters. The molecule has 0 saturated heterocycles. The smallest absolute Gasteiger partial charge is 0.234 e. The Kier molecular flexibility index (Phi) is 9.06. The first-order valence-corrected chi connectivity index (χ1v) is 9.43. The highest BCUT2D eigenvalue weighted by Gasteiger charge is 2.17. The second-order valence-corrected chi connectivity index (χ2v) is 6.59. The molecule has 28 heavy (non-hydrogen) atoms. The van der Waals surface area contributed by atoms with Gasteiger partial charge in [-0.3, -0.25) is 4.90 Å². The Bertz CT molecular complexity index is 729. The average Bonchev–Trinajstić information content (AvgIpc) is 2.70. The maximum absolute atomic E-state index is 5.76. The van der Waals surface area contributed by atoms with Gasteiger partial charge in [-0.2, -0.15) is 15.0 Å². The molecule has 0 spiro atoms. The van der Waals surface area contributed by atoms with E-state index in [0.717, 1.165) is 24.0 Å². The normalized spacial score (nSPS) is 10.9. The number of aryl methyl sites for hydroxylation is 1. The molecule has 0 fully saturated rings. The summed E-state index contributed by atoms with van der Waals surface area (Å²) in [5, 5.41) is 0. The van der Waals surface area contributed by atoms with Crippen molar-refractivity contribution < 1.29 is 14.2 Å². The number of anilines is 2. The summed E-state index contributed by atoms with van der Waals surface area (Å²) < 4.78 is 16.3. The van der Waals surface area contributed by atoms with E-state index in [1.54, 1.807) is 14.2 Å². The molecule has 1 aromatic heterocycles. The summed E-state index contributed by atoms with van der Waals surface area (Å²) in [6.07, 6.45) is 2.09. The SMILES string of the molecule is CCCCOCN(COC)c1nc(-c2cccc(C)c2)nc(N(C)COC)n1. The Morgan fingerprint density at radius 2 is 1.71 bits per heavy atom. The Labute approximate surface area is 167 Å². The monoisotopic (exact) mass is 389 g/mol. The zero-order valence-corrected chi connectivity index (χ0v) is 17.5. The summed E-state index contributed by atoms with van der Waals surface area (Å²) in [6, 6.07) is 8.08. The fraction of sp³-hybridized carbons (Fsp3) is 0.550. The number of benzene rings is 1. The third kappa shape index (κ3) is 6.40. The maximum atomic E-state index is 5.76. The zero-order chi connectivity index (χ0) is 20.4. The summed E-state index contributed by atoms with van der Waals surface area (Å²) in [5.74, 6) is 1.63. The predicted molar refractivity (Wildman–Crippen MR) is 110 cm³/mol. The Morgan fingerprint density at radius 3 is 2.39 bits per heavy atom. The van der Waals surface area contributed by atoms with Crippen LogP contribution in [0.4, 0.5) is 11.9 Å². The summed E-state index contributed by atoms with van der Waals surface area (Å²) in [5.41, 5.74) is 2.07. The van der Waals surface area contributed by atoms with Crippen LogP contribution < -0.4 is 9.80 Å². The molecule has 0 amide bonds. The van der Waals surface area contributed by atoms with Crippen LogP contribution in [0.25, 0.3) is 11.4 Å². The quantitative estimate of drug-likeness (QED) is 0.405.